The smallest absolute Gasteiger partial charge is 0.256 e. The van der Waals surface area contributed by atoms with Crippen molar-refractivity contribution in [3.05, 3.63) is 63.2 Å². The third-order valence-electron chi connectivity index (χ3n) is 3.76. The van der Waals surface area contributed by atoms with E-state index in [1.54, 1.807) is 30.3 Å². The van der Waals surface area contributed by atoms with Crippen LogP contribution in [0.5, 0.6) is 0 Å². The number of nitrogens with one attached hydrogen (secondary N) is 1. The van der Waals surface area contributed by atoms with Crippen molar-refractivity contribution in [3.63, 3.8) is 0 Å². The van der Waals surface area contributed by atoms with Crippen LogP contribution in [-0.4, -0.2) is 29.8 Å². The molecule has 0 saturated carbocycles. The Bertz CT molecular complexity index is 740. The van der Waals surface area contributed by atoms with Crippen LogP contribution < -0.4 is 5.32 Å². The Labute approximate surface area is 162 Å². The molecule has 5 heteroatoms. The van der Waals surface area contributed by atoms with E-state index in [1.807, 2.05) is 23.1 Å². The lowest BCUT2D eigenvalue weighted by Crippen LogP contribution is -2.32. The number of amides is 2. The van der Waals surface area contributed by atoms with Gasteiger partial charge in [-0.25, -0.2) is 0 Å². The van der Waals surface area contributed by atoms with Crippen molar-refractivity contribution in [1.82, 2.24) is 4.90 Å². The largest absolute Gasteiger partial charge is 0.339 e. The van der Waals surface area contributed by atoms with E-state index in [0.29, 0.717) is 16.8 Å². The molecule has 0 heterocycles. The molecule has 1 N–H and O–H groups in total. The van der Waals surface area contributed by atoms with Gasteiger partial charge in [-0.3, -0.25) is 9.59 Å². The summed E-state index contributed by atoms with van der Waals surface area (Å²) in [6, 6.07) is 14.6. The van der Waals surface area contributed by atoms with Crippen molar-refractivity contribution in [2.45, 2.75) is 26.7 Å². The van der Waals surface area contributed by atoms with E-state index in [9.17, 15) is 9.59 Å². The third-order valence-corrected chi connectivity index (χ3v) is 4.70. The number of nitrogens with zero attached hydrogens (tertiary/aromatic N) is 1. The van der Waals surface area contributed by atoms with Gasteiger partial charge < -0.3 is 10.2 Å². The summed E-state index contributed by atoms with van der Waals surface area (Å²) in [4.78, 5) is 27.0. The van der Waals surface area contributed by atoms with Gasteiger partial charge in [0.15, 0.2) is 0 Å². The number of hydrogen-bond acceptors (Lipinski definition) is 2. The minimum Gasteiger partial charge on any atom is -0.339 e. The second kappa shape index (κ2) is 9.56. The molecule has 0 unspecified atom stereocenters. The molecule has 0 spiro atoms. The van der Waals surface area contributed by atoms with Gasteiger partial charge in [0.2, 0.25) is 0 Å². The molecule has 0 bridgehead atoms. The van der Waals surface area contributed by atoms with Gasteiger partial charge in [-0.1, -0.05) is 32.0 Å². The number of benzene rings is 2. The quantitative estimate of drug-likeness (QED) is 0.616. The monoisotopic (exact) mass is 450 g/mol. The minimum atomic E-state index is -0.173. The molecule has 2 aromatic rings. The zero-order valence-electron chi connectivity index (χ0n) is 14.6. The fraction of sp³-hybridized carbons (Fsp3) is 0.300. The van der Waals surface area contributed by atoms with Crippen LogP contribution in [0.2, 0.25) is 0 Å². The summed E-state index contributed by atoms with van der Waals surface area (Å²) >= 11 is 2.14. The Hall–Kier alpha value is -1.89. The Morgan fingerprint density at radius 1 is 1.00 bits per heavy atom. The summed E-state index contributed by atoms with van der Waals surface area (Å²) in [6.07, 6.45) is 1.85. The molecule has 2 rings (SSSR count). The number of hydrogen-bond donors (Lipinski definition) is 1. The molecule has 132 valence electrons. The zero-order chi connectivity index (χ0) is 18.2. The van der Waals surface area contributed by atoms with E-state index in [2.05, 4.69) is 41.8 Å². The van der Waals surface area contributed by atoms with Crippen LogP contribution in [0.15, 0.2) is 48.5 Å². The maximum Gasteiger partial charge on any atom is 0.256 e. The number of carbonyl (C=O) groups is 2. The first-order valence-corrected chi connectivity index (χ1v) is 9.59. The van der Waals surface area contributed by atoms with E-state index in [1.165, 1.54) is 0 Å². The molecule has 25 heavy (non-hydrogen) atoms. The highest BCUT2D eigenvalue weighted by Crippen LogP contribution is 2.17. The molecule has 4 nitrogen and oxygen atoms in total. The van der Waals surface area contributed by atoms with Crippen LogP contribution in [0.25, 0.3) is 0 Å². The number of anilines is 1. The SMILES string of the molecule is CCCN(CCC)C(=O)c1cccc(NC(=O)c2ccccc2I)c1. The van der Waals surface area contributed by atoms with Crippen molar-refractivity contribution in [3.8, 4) is 0 Å². The summed E-state index contributed by atoms with van der Waals surface area (Å²) in [5, 5.41) is 2.88. The van der Waals surface area contributed by atoms with Crippen molar-refractivity contribution in [1.29, 1.82) is 0 Å². The maximum atomic E-state index is 12.7. The van der Waals surface area contributed by atoms with Crippen molar-refractivity contribution in [2.24, 2.45) is 0 Å². The van der Waals surface area contributed by atoms with Crippen molar-refractivity contribution >= 4 is 40.1 Å². The van der Waals surface area contributed by atoms with Crippen LogP contribution in [0, 0.1) is 3.57 Å². The molecule has 2 aromatic carbocycles. The predicted octanol–water partition coefficient (Wildman–Crippen LogP) is 4.81. The Kier molecular flexibility index (Phi) is 7.43. The standard InChI is InChI=1S/C20H23IN2O2/c1-3-12-23(13-4-2)20(25)15-8-7-9-16(14-15)22-19(24)17-10-5-6-11-18(17)21/h5-11,14H,3-4,12-13H2,1-2H3,(H,22,24). The lowest BCUT2D eigenvalue weighted by Gasteiger charge is -2.21. The van der Waals surface area contributed by atoms with E-state index in [-0.39, 0.29) is 11.8 Å². The van der Waals surface area contributed by atoms with Crippen LogP contribution in [0.3, 0.4) is 0 Å². The molecule has 0 radical (unpaired) electrons. The molecule has 2 amide bonds. The van der Waals surface area contributed by atoms with Gasteiger partial charge in [-0.15, -0.1) is 0 Å². The van der Waals surface area contributed by atoms with Gasteiger partial charge in [0.1, 0.15) is 0 Å². The van der Waals surface area contributed by atoms with Gasteiger partial charge in [0, 0.05) is 27.9 Å². The molecule has 0 aliphatic rings. The molecule has 0 aromatic heterocycles. The average Bonchev–Trinajstić information content (AvgIpc) is 2.61. The topological polar surface area (TPSA) is 49.4 Å². The molecule has 0 aliphatic heterocycles. The first-order chi connectivity index (χ1) is 12.1. The maximum absolute atomic E-state index is 12.7. The molecule has 0 saturated heterocycles. The highest BCUT2D eigenvalue weighted by atomic mass is 127. The average molecular weight is 450 g/mol. The third kappa shape index (κ3) is 5.29. The molecule has 0 atom stereocenters. The van der Waals surface area contributed by atoms with E-state index >= 15 is 0 Å². The first kappa shape index (κ1) is 19.4. The van der Waals surface area contributed by atoms with E-state index in [4.69, 9.17) is 0 Å². The predicted molar refractivity (Wildman–Crippen MR) is 110 cm³/mol. The Morgan fingerprint density at radius 2 is 1.68 bits per heavy atom. The van der Waals surface area contributed by atoms with E-state index in [0.717, 1.165) is 29.5 Å². The van der Waals surface area contributed by atoms with Gasteiger partial charge in [0.05, 0.1) is 5.56 Å². The Morgan fingerprint density at radius 3 is 2.32 bits per heavy atom. The van der Waals surface area contributed by atoms with Gasteiger partial charge >= 0.3 is 0 Å². The summed E-state index contributed by atoms with van der Waals surface area (Å²) in [6.45, 7) is 5.61. The van der Waals surface area contributed by atoms with E-state index < -0.39 is 0 Å². The number of rotatable bonds is 7. The zero-order valence-corrected chi connectivity index (χ0v) is 16.7. The molecule has 0 fully saturated rings. The summed E-state index contributed by atoms with van der Waals surface area (Å²) < 4.78 is 0.891. The van der Waals surface area contributed by atoms with Crippen LogP contribution in [0.1, 0.15) is 47.4 Å². The lowest BCUT2D eigenvalue weighted by atomic mass is 10.1. The fourth-order valence-corrected chi connectivity index (χ4v) is 3.24. The second-order valence-corrected chi connectivity index (χ2v) is 6.97. The van der Waals surface area contributed by atoms with Gasteiger partial charge in [0.25, 0.3) is 11.8 Å². The molecular formula is C20H23IN2O2. The summed E-state index contributed by atoms with van der Waals surface area (Å²) in [7, 11) is 0. The van der Waals surface area contributed by atoms with Crippen molar-refractivity contribution in [2.75, 3.05) is 18.4 Å². The Balaban J connectivity index is 2.17. The van der Waals surface area contributed by atoms with Gasteiger partial charge in [-0.2, -0.15) is 0 Å². The fourth-order valence-electron chi connectivity index (χ4n) is 2.61. The second-order valence-electron chi connectivity index (χ2n) is 5.81. The first-order valence-electron chi connectivity index (χ1n) is 8.52. The highest BCUT2D eigenvalue weighted by Gasteiger charge is 2.15. The molecule has 0 aliphatic carbocycles. The van der Waals surface area contributed by atoms with Crippen LogP contribution in [-0.2, 0) is 0 Å². The minimum absolute atomic E-state index is 0.00842. The highest BCUT2D eigenvalue weighted by molar-refractivity contribution is 14.1. The summed E-state index contributed by atoms with van der Waals surface area (Å²) in [5.41, 5.74) is 1.85. The number of halogens is 1. The lowest BCUT2D eigenvalue weighted by molar-refractivity contribution is 0.0755. The van der Waals surface area contributed by atoms with Crippen molar-refractivity contribution < 1.29 is 9.59 Å². The summed E-state index contributed by atoms with van der Waals surface area (Å²) in [5.74, 6) is -0.164. The number of carbonyl (C=O) groups excluding carboxylic acids is 2. The van der Waals surface area contributed by atoms with Gasteiger partial charge in [-0.05, 0) is 65.8 Å². The molecular weight excluding hydrogens is 427 g/mol. The van der Waals surface area contributed by atoms with Crippen LogP contribution in [0.4, 0.5) is 5.69 Å². The van der Waals surface area contributed by atoms with Crippen LogP contribution >= 0.6 is 22.6 Å². The normalized spacial score (nSPS) is 10.4.